The molecule has 1 aliphatic heterocycles. The molecule has 1 aliphatic rings. The normalized spacial score (nSPS) is 16.9. The van der Waals surface area contributed by atoms with Gasteiger partial charge in [-0.3, -0.25) is 9.59 Å². The van der Waals surface area contributed by atoms with Gasteiger partial charge in [-0.1, -0.05) is 0 Å². The number of hydrogen-bond donors (Lipinski definition) is 0. The maximum atomic E-state index is 13.2. The third kappa shape index (κ3) is 3.34. The number of rotatable bonds is 2. The van der Waals surface area contributed by atoms with E-state index in [0.717, 1.165) is 6.07 Å². The number of carbonyl (C=O) groups excluding carboxylic acids is 2. The molecule has 0 aliphatic carbocycles. The first kappa shape index (κ1) is 15.3. The number of nitrogens with zero attached hydrogens (tertiary/aromatic N) is 2. The van der Waals surface area contributed by atoms with Gasteiger partial charge in [0, 0.05) is 31.4 Å². The average Bonchev–Trinajstić information content (AvgIpc) is 2.59. The van der Waals surface area contributed by atoms with Crippen LogP contribution in [0.2, 0.25) is 0 Å². The second kappa shape index (κ2) is 5.75. The molecule has 4 nitrogen and oxygen atoms in total. The van der Waals surface area contributed by atoms with E-state index >= 15 is 0 Å². The SMILES string of the molecule is CN1CCCN(c2ccc(C=O)cc2C(F)(F)F)CC1=O. The van der Waals surface area contributed by atoms with E-state index in [9.17, 15) is 22.8 Å². The van der Waals surface area contributed by atoms with Gasteiger partial charge in [-0.05, 0) is 24.6 Å². The summed E-state index contributed by atoms with van der Waals surface area (Å²) in [4.78, 5) is 25.4. The van der Waals surface area contributed by atoms with Gasteiger partial charge in [0.15, 0.2) is 0 Å². The first-order valence-electron chi connectivity index (χ1n) is 6.48. The molecule has 21 heavy (non-hydrogen) atoms. The van der Waals surface area contributed by atoms with E-state index in [4.69, 9.17) is 0 Å². The third-order valence-corrected chi connectivity index (χ3v) is 3.48. The number of aldehydes is 1. The van der Waals surface area contributed by atoms with Crippen LogP contribution in [0.15, 0.2) is 18.2 Å². The van der Waals surface area contributed by atoms with Crippen molar-refractivity contribution in [3.05, 3.63) is 29.3 Å². The zero-order valence-corrected chi connectivity index (χ0v) is 11.5. The molecule has 1 aromatic rings. The lowest BCUT2D eigenvalue weighted by Gasteiger charge is -2.25. The number of alkyl halides is 3. The Balaban J connectivity index is 2.42. The van der Waals surface area contributed by atoms with Gasteiger partial charge in [0.2, 0.25) is 5.91 Å². The van der Waals surface area contributed by atoms with E-state index in [1.807, 2.05) is 0 Å². The number of amides is 1. The van der Waals surface area contributed by atoms with Crippen LogP contribution in [0.4, 0.5) is 18.9 Å². The Morgan fingerprint density at radius 3 is 2.57 bits per heavy atom. The second-order valence-electron chi connectivity index (χ2n) is 4.98. The van der Waals surface area contributed by atoms with Crippen molar-refractivity contribution in [2.45, 2.75) is 12.6 Å². The Hall–Kier alpha value is -2.05. The van der Waals surface area contributed by atoms with Crippen molar-refractivity contribution < 1.29 is 22.8 Å². The number of hydrogen-bond acceptors (Lipinski definition) is 3. The van der Waals surface area contributed by atoms with Gasteiger partial charge in [-0.2, -0.15) is 13.2 Å². The molecule has 0 N–H and O–H groups in total. The predicted octanol–water partition coefficient (Wildman–Crippen LogP) is 2.19. The van der Waals surface area contributed by atoms with Gasteiger partial charge >= 0.3 is 6.18 Å². The Bertz CT molecular complexity index is 558. The molecule has 0 spiro atoms. The Labute approximate surface area is 120 Å². The first-order valence-corrected chi connectivity index (χ1v) is 6.48. The molecule has 0 bridgehead atoms. The smallest absolute Gasteiger partial charge is 0.362 e. The van der Waals surface area contributed by atoms with Crippen LogP contribution in [0, 0.1) is 0 Å². The molecule has 1 saturated heterocycles. The molecule has 0 atom stereocenters. The lowest BCUT2D eigenvalue weighted by Crippen LogP contribution is -2.35. The molecule has 2 rings (SSSR count). The van der Waals surface area contributed by atoms with Gasteiger partial charge in [0.25, 0.3) is 0 Å². The van der Waals surface area contributed by atoms with Crippen LogP contribution in [0.1, 0.15) is 22.3 Å². The minimum atomic E-state index is -4.57. The van der Waals surface area contributed by atoms with Crippen LogP contribution >= 0.6 is 0 Å². The van der Waals surface area contributed by atoms with Crippen LogP contribution in [0.3, 0.4) is 0 Å². The van der Waals surface area contributed by atoms with Crippen molar-refractivity contribution >= 4 is 17.9 Å². The standard InChI is InChI=1S/C14H15F3N2O2/c1-18-5-2-6-19(8-13(18)21)12-4-3-10(9-20)7-11(12)14(15,16)17/h3-4,7,9H,2,5-6,8H2,1H3. The summed E-state index contributed by atoms with van der Waals surface area (Å²) in [5.74, 6) is -0.222. The highest BCUT2D eigenvalue weighted by Gasteiger charge is 2.36. The lowest BCUT2D eigenvalue weighted by atomic mass is 10.1. The molecule has 1 amide bonds. The summed E-state index contributed by atoms with van der Waals surface area (Å²) in [6.45, 7) is 0.780. The van der Waals surface area contributed by atoms with E-state index in [0.29, 0.717) is 25.8 Å². The molecule has 1 aromatic carbocycles. The number of benzene rings is 1. The van der Waals surface area contributed by atoms with Gasteiger partial charge in [-0.15, -0.1) is 0 Å². The number of likely N-dealkylation sites (N-methyl/N-ethyl adjacent to an activating group) is 1. The topological polar surface area (TPSA) is 40.6 Å². The highest BCUT2D eigenvalue weighted by molar-refractivity contribution is 5.83. The summed E-state index contributed by atoms with van der Waals surface area (Å²) in [5.41, 5.74) is -0.981. The van der Waals surface area contributed by atoms with Crippen molar-refractivity contribution in [1.29, 1.82) is 0 Å². The van der Waals surface area contributed by atoms with Crippen molar-refractivity contribution in [1.82, 2.24) is 4.90 Å². The van der Waals surface area contributed by atoms with E-state index in [1.54, 1.807) is 7.05 Å². The van der Waals surface area contributed by atoms with Crippen LogP contribution in [0.5, 0.6) is 0 Å². The van der Waals surface area contributed by atoms with Gasteiger partial charge < -0.3 is 9.80 Å². The number of carbonyl (C=O) groups is 2. The maximum absolute atomic E-state index is 13.2. The molecular weight excluding hydrogens is 285 g/mol. The van der Waals surface area contributed by atoms with Crippen molar-refractivity contribution in [3.63, 3.8) is 0 Å². The van der Waals surface area contributed by atoms with Crippen molar-refractivity contribution in [3.8, 4) is 0 Å². The highest BCUT2D eigenvalue weighted by atomic mass is 19.4. The van der Waals surface area contributed by atoms with Gasteiger partial charge in [0.05, 0.1) is 12.1 Å². The van der Waals surface area contributed by atoms with Crippen LogP contribution in [-0.2, 0) is 11.0 Å². The molecule has 7 heteroatoms. The average molecular weight is 300 g/mol. The van der Waals surface area contributed by atoms with Crippen LogP contribution < -0.4 is 4.90 Å². The maximum Gasteiger partial charge on any atom is 0.418 e. The molecule has 0 saturated carbocycles. The zero-order valence-electron chi connectivity index (χ0n) is 11.5. The Kier molecular flexibility index (Phi) is 4.20. The van der Waals surface area contributed by atoms with Crippen LogP contribution in [-0.4, -0.2) is 43.8 Å². The second-order valence-corrected chi connectivity index (χ2v) is 4.98. The Morgan fingerprint density at radius 2 is 1.95 bits per heavy atom. The third-order valence-electron chi connectivity index (χ3n) is 3.48. The molecular formula is C14H15F3N2O2. The van der Waals surface area contributed by atoms with E-state index in [-0.39, 0.29) is 23.7 Å². The number of halogens is 3. The quantitative estimate of drug-likeness (QED) is 0.786. The summed E-state index contributed by atoms with van der Waals surface area (Å²) < 4.78 is 39.5. The Morgan fingerprint density at radius 1 is 1.24 bits per heavy atom. The fourth-order valence-corrected chi connectivity index (χ4v) is 2.32. The summed E-state index contributed by atoms with van der Waals surface area (Å²) in [6.07, 6.45) is -3.61. The predicted molar refractivity (Wildman–Crippen MR) is 71.3 cm³/mol. The van der Waals surface area contributed by atoms with E-state index in [1.165, 1.54) is 21.9 Å². The first-order chi connectivity index (χ1) is 9.82. The minimum absolute atomic E-state index is 0.0376. The van der Waals surface area contributed by atoms with Crippen molar-refractivity contribution in [2.24, 2.45) is 0 Å². The minimum Gasteiger partial charge on any atom is -0.362 e. The van der Waals surface area contributed by atoms with Crippen LogP contribution in [0.25, 0.3) is 0 Å². The highest BCUT2D eigenvalue weighted by Crippen LogP contribution is 2.37. The van der Waals surface area contributed by atoms with E-state index < -0.39 is 11.7 Å². The van der Waals surface area contributed by atoms with Crippen molar-refractivity contribution in [2.75, 3.05) is 31.6 Å². The summed E-state index contributed by atoms with van der Waals surface area (Å²) in [7, 11) is 1.63. The van der Waals surface area contributed by atoms with Gasteiger partial charge in [0.1, 0.15) is 6.29 Å². The largest absolute Gasteiger partial charge is 0.418 e. The van der Waals surface area contributed by atoms with E-state index in [2.05, 4.69) is 0 Å². The summed E-state index contributed by atoms with van der Waals surface area (Å²) in [6, 6.07) is 3.41. The monoisotopic (exact) mass is 300 g/mol. The zero-order chi connectivity index (χ0) is 15.6. The fourth-order valence-electron chi connectivity index (χ4n) is 2.32. The fraction of sp³-hybridized carbons (Fsp3) is 0.429. The molecule has 114 valence electrons. The lowest BCUT2D eigenvalue weighted by molar-refractivity contribution is -0.137. The molecule has 1 fully saturated rings. The number of anilines is 1. The molecule has 0 radical (unpaired) electrons. The summed E-state index contributed by atoms with van der Waals surface area (Å²) >= 11 is 0. The van der Waals surface area contributed by atoms with Gasteiger partial charge in [-0.25, -0.2) is 0 Å². The summed E-state index contributed by atoms with van der Waals surface area (Å²) in [5, 5.41) is 0. The molecule has 0 aromatic heterocycles. The molecule has 1 heterocycles. The molecule has 0 unspecified atom stereocenters.